The van der Waals surface area contributed by atoms with Gasteiger partial charge in [-0.05, 0) is 37.1 Å². The van der Waals surface area contributed by atoms with Crippen LogP contribution in [0.3, 0.4) is 0 Å². The third kappa shape index (κ3) is 6.30. The molecule has 0 saturated carbocycles. The SMILES string of the molecule is CCOc1ccccc1CNC(=NC)NCCc1cccc(C(=O)N(C)C)c1. The molecule has 6 nitrogen and oxygen atoms in total. The number of benzene rings is 2. The monoisotopic (exact) mass is 382 g/mol. The van der Waals surface area contributed by atoms with Gasteiger partial charge < -0.3 is 20.3 Å². The minimum absolute atomic E-state index is 0.0141. The second-order valence-corrected chi connectivity index (χ2v) is 6.54. The summed E-state index contributed by atoms with van der Waals surface area (Å²) in [5.41, 5.74) is 2.90. The molecule has 0 aromatic heterocycles. The molecule has 0 spiro atoms. The smallest absolute Gasteiger partial charge is 0.253 e. The number of carbonyl (C=O) groups excluding carboxylic acids is 1. The summed E-state index contributed by atoms with van der Waals surface area (Å²) < 4.78 is 5.66. The summed E-state index contributed by atoms with van der Waals surface area (Å²) in [6, 6.07) is 15.7. The van der Waals surface area contributed by atoms with Gasteiger partial charge in [-0.25, -0.2) is 0 Å². The van der Waals surface area contributed by atoms with E-state index in [1.165, 1.54) is 0 Å². The molecule has 2 N–H and O–H groups in total. The highest BCUT2D eigenvalue weighted by molar-refractivity contribution is 5.94. The predicted octanol–water partition coefficient (Wildman–Crippen LogP) is 2.69. The van der Waals surface area contributed by atoms with Crippen molar-refractivity contribution in [2.45, 2.75) is 19.9 Å². The first-order valence-corrected chi connectivity index (χ1v) is 9.51. The number of carbonyl (C=O) groups is 1. The maximum absolute atomic E-state index is 12.1. The van der Waals surface area contributed by atoms with E-state index < -0.39 is 0 Å². The van der Waals surface area contributed by atoms with Gasteiger partial charge in [0, 0.05) is 45.4 Å². The van der Waals surface area contributed by atoms with Crippen molar-refractivity contribution in [2.75, 3.05) is 34.3 Å². The number of guanidine groups is 1. The predicted molar refractivity (Wildman–Crippen MR) is 114 cm³/mol. The summed E-state index contributed by atoms with van der Waals surface area (Å²) in [4.78, 5) is 17.9. The Bertz CT molecular complexity index is 803. The van der Waals surface area contributed by atoms with E-state index in [0.717, 1.165) is 29.3 Å². The summed E-state index contributed by atoms with van der Waals surface area (Å²) in [7, 11) is 5.27. The molecule has 0 unspecified atom stereocenters. The van der Waals surface area contributed by atoms with Crippen molar-refractivity contribution in [1.29, 1.82) is 0 Å². The van der Waals surface area contributed by atoms with Gasteiger partial charge in [-0.1, -0.05) is 30.3 Å². The quantitative estimate of drug-likeness (QED) is 0.544. The zero-order chi connectivity index (χ0) is 20.4. The molecule has 1 amide bonds. The van der Waals surface area contributed by atoms with Crippen molar-refractivity contribution in [3.63, 3.8) is 0 Å². The Balaban J connectivity index is 1.87. The number of ether oxygens (including phenoxy) is 1. The van der Waals surface area contributed by atoms with Crippen LogP contribution in [-0.4, -0.2) is 51.1 Å². The first-order valence-electron chi connectivity index (χ1n) is 9.51. The van der Waals surface area contributed by atoms with E-state index in [2.05, 4.69) is 15.6 Å². The standard InChI is InChI=1S/C22H30N4O2/c1-5-28-20-12-7-6-10-19(20)16-25-22(23-2)24-14-13-17-9-8-11-18(15-17)21(27)26(3)4/h6-12,15H,5,13-14,16H2,1-4H3,(H2,23,24,25). The lowest BCUT2D eigenvalue weighted by molar-refractivity contribution is 0.0827. The van der Waals surface area contributed by atoms with Crippen molar-refractivity contribution in [3.8, 4) is 5.75 Å². The van der Waals surface area contributed by atoms with E-state index in [9.17, 15) is 4.79 Å². The number of rotatable bonds is 8. The Morgan fingerprint density at radius 3 is 2.61 bits per heavy atom. The number of para-hydroxylation sites is 1. The van der Waals surface area contributed by atoms with Crippen molar-refractivity contribution >= 4 is 11.9 Å². The molecule has 0 atom stereocenters. The van der Waals surface area contributed by atoms with Gasteiger partial charge in [0.15, 0.2) is 5.96 Å². The number of nitrogens with one attached hydrogen (secondary N) is 2. The van der Waals surface area contributed by atoms with Crippen LogP contribution < -0.4 is 15.4 Å². The van der Waals surface area contributed by atoms with Gasteiger partial charge in [0.25, 0.3) is 5.91 Å². The Morgan fingerprint density at radius 1 is 1.11 bits per heavy atom. The zero-order valence-electron chi connectivity index (χ0n) is 17.2. The Hall–Kier alpha value is -3.02. The third-order valence-corrected chi connectivity index (χ3v) is 4.23. The molecular weight excluding hydrogens is 352 g/mol. The van der Waals surface area contributed by atoms with Crippen molar-refractivity contribution in [1.82, 2.24) is 15.5 Å². The number of amides is 1. The molecule has 0 heterocycles. The van der Waals surface area contributed by atoms with Crippen LogP contribution in [0.4, 0.5) is 0 Å². The first-order chi connectivity index (χ1) is 13.5. The molecule has 0 aliphatic heterocycles. The van der Waals surface area contributed by atoms with Gasteiger partial charge >= 0.3 is 0 Å². The highest BCUT2D eigenvalue weighted by Gasteiger charge is 2.08. The van der Waals surface area contributed by atoms with Crippen LogP contribution in [0.15, 0.2) is 53.5 Å². The number of hydrogen-bond donors (Lipinski definition) is 2. The number of hydrogen-bond acceptors (Lipinski definition) is 3. The van der Waals surface area contributed by atoms with E-state index in [4.69, 9.17) is 4.74 Å². The van der Waals surface area contributed by atoms with Crippen LogP contribution in [0.25, 0.3) is 0 Å². The maximum Gasteiger partial charge on any atom is 0.253 e. The Labute approximate surface area is 167 Å². The van der Waals surface area contributed by atoms with Crippen LogP contribution in [0.1, 0.15) is 28.4 Å². The minimum Gasteiger partial charge on any atom is -0.494 e. The van der Waals surface area contributed by atoms with Crippen LogP contribution in [-0.2, 0) is 13.0 Å². The molecule has 2 aromatic rings. The van der Waals surface area contributed by atoms with Crippen LogP contribution in [0.2, 0.25) is 0 Å². The molecular formula is C22H30N4O2. The van der Waals surface area contributed by atoms with Crippen LogP contribution in [0.5, 0.6) is 5.75 Å². The molecule has 2 rings (SSSR count). The minimum atomic E-state index is 0.0141. The maximum atomic E-state index is 12.1. The zero-order valence-corrected chi connectivity index (χ0v) is 17.2. The lowest BCUT2D eigenvalue weighted by Gasteiger charge is -2.15. The van der Waals surface area contributed by atoms with E-state index in [1.807, 2.05) is 55.5 Å². The van der Waals surface area contributed by atoms with Gasteiger partial charge in [0.1, 0.15) is 5.75 Å². The average Bonchev–Trinajstić information content (AvgIpc) is 2.71. The van der Waals surface area contributed by atoms with E-state index >= 15 is 0 Å². The lowest BCUT2D eigenvalue weighted by atomic mass is 10.1. The Kier molecular flexibility index (Phi) is 8.34. The molecule has 150 valence electrons. The lowest BCUT2D eigenvalue weighted by Crippen LogP contribution is -2.38. The first kappa shape index (κ1) is 21.3. The number of aliphatic imine (C=N–C) groups is 1. The van der Waals surface area contributed by atoms with E-state index in [0.29, 0.717) is 25.3 Å². The fourth-order valence-corrected chi connectivity index (χ4v) is 2.79. The average molecular weight is 383 g/mol. The summed E-state index contributed by atoms with van der Waals surface area (Å²) in [5.74, 6) is 1.63. The summed E-state index contributed by atoms with van der Waals surface area (Å²) >= 11 is 0. The highest BCUT2D eigenvalue weighted by atomic mass is 16.5. The van der Waals surface area contributed by atoms with Crippen molar-refractivity contribution in [2.24, 2.45) is 4.99 Å². The van der Waals surface area contributed by atoms with Crippen molar-refractivity contribution in [3.05, 3.63) is 65.2 Å². The van der Waals surface area contributed by atoms with Crippen LogP contribution in [0, 0.1) is 0 Å². The Morgan fingerprint density at radius 2 is 1.89 bits per heavy atom. The molecule has 6 heteroatoms. The summed E-state index contributed by atoms with van der Waals surface area (Å²) in [6.07, 6.45) is 0.796. The molecule has 0 aliphatic rings. The second-order valence-electron chi connectivity index (χ2n) is 6.54. The fraction of sp³-hybridized carbons (Fsp3) is 0.364. The molecule has 28 heavy (non-hydrogen) atoms. The molecule has 0 aliphatic carbocycles. The number of nitrogens with zero attached hydrogens (tertiary/aromatic N) is 2. The van der Waals surface area contributed by atoms with Gasteiger partial charge in [-0.2, -0.15) is 0 Å². The highest BCUT2D eigenvalue weighted by Crippen LogP contribution is 2.17. The largest absolute Gasteiger partial charge is 0.494 e. The molecule has 0 bridgehead atoms. The normalized spacial score (nSPS) is 11.1. The van der Waals surface area contributed by atoms with E-state index in [1.54, 1.807) is 26.0 Å². The van der Waals surface area contributed by atoms with E-state index in [-0.39, 0.29) is 5.91 Å². The molecule has 0 radical (unpaired) electrons. The molecule has 0 fully saturated rings. The van der Waals surface area contributed by atoms with Gasteiger partial charge in [-0.15, -0.1) is 0 Å². The topological polar surface area (TPSA) is 66.0 Å². The van der Waals surface area contributed by atoms with Crippen molar-refractivity contribution < 1.29 is 9.53 Å². The molecule has 2 aromatic carbocycles. The third-order valence-electron chi connectivity index (χ3n) is 4.23. The summed E-state index contributed by atoms with van der Waals surface area (Å²) in [5, 5.41) is 6.63. The van der Waals surface area contributed by atoms with Gasteiger partial charge in [-0.3, -0.25) is 9.79 Å². The summed E-state index contributed by atoms with van der Waals surface area (Å²) in [6.45, 7) is 3.96. The molecule has 0 saturated heterocycles. The van der Waals surface area contributed by atoms with Gasteiger partial charge in [0.05, 0.1) is 6.61 Å². The van der Waals surface area contributed by atoms with Gasteiger partial charge in [0.2, 0.25) is 0 Å². The van der Waals surface area contributed by atoms with Crippen LogP contribution >= 0.6 is 0 Å². The second kappa shape index (κ2) is 11.0. The fourth-order valence-electron chi connectivity index (χ4n) is 2.79.